The summed E-state index contributed by atoms with van der Waals surface area (Å²) < 4.78 is 5.76. The third kappa shape index (κ3) is 2.60. The molecule has 0 radical (unpaired) electrons. The van der Waals surface area contributed by atoms with Crippen LogP contribution in [0.1, 0.15) is 10.4 Å². The molecular weight excluding hydrogens is 346 g/mol. The number of rotatable bonds is 3. The Bertz CT molecular complexity index is 1150. The van der Waals surface area contributed by atoms with Gasteiger partial charge in [-0.15, -0.1) is 0 Å². The number of carbonyl (C=O) groups is 1. The number of carbonyl (C=O) groups excluding carboxylic acids is 1. The molecule has 0 fully saturated rings. The van der Waals surface area contributed by atoms with E-state index in [1.54, 1.807) is 22.9 Å². The zero-order valence-electron chi connectivity index (χ0n) is 13.7. The van der Waals surface area contributed by atoms with Gasteiger partial charge in [0, 0.05) is 5.56 Å². The molecule has 1 heterocycles. The number of nitrogens with one attached hydrogen (secondary N) is 1. The third-order valence-electron chi connectivity index (χ3n) is 4.21. The lowest BCUT2D eigenvalue weighted by Gasteiger charge is -2.12. The van der Waals surface area contributed by atoms with Crippen LogP contribution in [0.5, 0.6) is 0 Å². The van der Waals surface area contributed by atoms with Crippen LogP contribution in [0.2, 0.25) is 0 Å². The molecule has 128 valence electrons. The molecule has 0 unspecified atom stereocenters. The Balaban J connectivity index is 2.10. The molecule has 0 spiro atoms. The van der Waals surface area contributed by atoms with Crippen LogP contribution in [0.3, 0.4) is 0 Å². The van der Waals surface area contributed by atoms with Gasteiger partial charge in [0.15, 0.2) is 0 Å². The molecule has 1 N–H and O–H groups in total. The summed E-state index contributed by atoms with van der Waals surface area (Å²) in [6.45, 7) is 0. The Kier molecular flexibility index (Phi) is 4.10. The first-order valence-electron chi connectivity index (χ1n) is 8.04. The van der Waals surface area contributed by atoms with Gasteiger partial charge in [-0.05, 0) is 42.5 Å². The van der Waals surface area contributed by atoms with E-state index in [4.69, 9.17) is 0 Å². The summed E-state index contributed by atoms with van der Waals surface area (Å²) in [5.74, 6) is -0.353. The third-order valence-corrected chi connectivity index (χ3v) is 4.42. The highest BCUT2D eigenvalue weighted by atomic mass is 32.1. The summed E-state index contributed by atoms with van der Waals surface area (Å²) in [6, 6.07) is 24.1. The monoisotopic (exact) mass is 361 g/mol. The quantitative estimate of drug-likeness (QED) is 0.550. The molecule has 5 nitrogen and oxygen atoms in total. The molecule has 1 aromatic heterocycles. The smallest absolute Gasteiger partial charge is 0.279 e. The van der Waals surface area contributed by atoms with Crippen LogP contribution in [0.25, 0.3) is 22.3 Å². The van der Waals surface area contributed by atoms with Gasteiger partial charge in [0.1, 0.15) is 0 Å². The summed E-state index contributed by atoms with van der Waals surface area (Å²) >= 11 is 3.80. The Labute approximate surface area is 155 Å². The lowest BCUT2D eigenvalue weighted by atomic mass is 10.1. The molecule has 4 rings (SSSR count). The van der Waals surface area contributed by atoms with E-state index in [0.29, 0.717) is 10.9 Å². The van der Waals surface area contributed by atoms with Crippen LogP contribution in [0.15, 0.2) is 83.7 Å². The highest BCUT2D eigenvalue weighted by Gasteiger charge is 2.17. The van der Waals surface area contributed by atoms with E-state index in [0.717, 1.165) is 16.9 Å². The van der Waals surface area contributed by atoms with Crippen molar-refractivity contribution in [2.45, 2.75) is 0 Å². The van der Waals surface area contributed by atoms with E-state index in [-0.39, 0.29) is 11.5 Å². The molecular formula is C20H15N3O2S. The number of para-hydroxylation sites is 2. The normalized spacial score (nSPS) is 10.8. The maximum Gasteiger partial charge on any atom is 0.279 e. The van der Waals surface area contributed by atoms with Gasteiger partial charge in [-0.2, -0.15) is 0 Å². The average Bonchev–Trinajstić information content (AvgIpc) is 3.00. The number of hydrogen-bond acceptors (Lipinski definition) is 3. The fraction of sp³-hybridized carbons (Fsp3) is 0. The second kappa shape index (κ2) is 6.57. The van der Waals surface area contributed by atoms with E-state index < -0.39 is 0 Å². The number of amides is 1. The molecule has 0 atom stereocenters. The van der Waals surface area contributed by atoms with Crippen LogP contribution >= 0.6 is 12.8 Å². The Morgan fingerprint density at radius 1 is 0.808 bits per heavy atom. The summed E-state index contributed by atoms with van der Waals surface area (Å²) in [5, 5.41) is 0.465. The summed E-state index contributed by atoms with van der Waals surface area (Å²) in [4.78, 5) is 25.1. The van der Waals surface area contributed by atoms with Gasteiger partial charge in [0.05, 0.1) is 22.3 Å². The molecule has 1 amide bonds. The number of hydrogen-bond donors (Lipinski definition) is 2. The lowest BCUT2D eigenvalue weighted by Crippen LogP contribution is -2.20. The minimum absolute atomic E-state index is 0.191. The molecule has 4 aromatic rings. The maximum absolute atomic E-state index is 13.2. The fourth-order valence-electron chi connectivity index (χ4n) is 3.04. The van der Waals surface area contributed by atoms with Gasteiger partial charge in [0.2, 0.25) is 0 Å². The fourth-order valence-corrected chi connectivity index (χ4v) is 3.17. The zero-order chi connectivity index (χ0) is 18.1. The minimum atomic E-state index is -0.353. The van der Waals surface area contributed by atoms with Crippen LogP contribution in [0, 0.1) is 0 Å². The second-order valence-electron chi connectivity index (χ2n) is 5.77. The molecule has 26 heavy (non-hydrogen) atoms. The minimum Gasteiger partial charge on any atom is -0.299 e. The number of fused-ring (bicyclic) bond motifs is 1. The first-order chi connectivity index (χ1) is 12.7. The van der Waals surface area contributed by atoms with Crippen molar-refractivity contribution in [1.82, 2.24) is 14.1 Å². The van der Waals surface area contributed by atoms with Crippen LogP contribution < -0.4 is 10.3 Å². The molecule has 0 saturated carbocycles. The zero-order valence-corrected chi connectivity index (χ0v) is 14.6. The van der Waals surface area contributed by atoms with E-state index in [1.807, 2.05) is 65.3 Å². The van der Waals surface area contributed by atoms with Crippen molar-refractivity contribution >= 4 is 29.6 Å². The van der Waals surface area contributed by atoms with Crippen molar-refractivity contribution < 1.29 is 4.79 Å². The Hall–Kier alpha value is -3.25. The van der Waals surface area contributed by atoms with E-state index in [2.05, 4.69) is 17.5 Å². The van der Waals surface area contributed by atoms with Gasteiger partial charge < -0.3 is 0 Å². The second-order valence-corrected chi connectivity index (χ2v) is 6.00. The Morgan fingerprint density at radius 3 is 1.96 bits per heavy atom. The molecule has 6 heteroatoms. The van der Waals surface area contributed by atoms with Gasteiger partial charge in [0.25, 0.3) is 11.5 Å². The van der Waals surface area contributed by atoms with Crippen molar-refractivity contribution in [3.63, 3.8) is 0 Å². The van der Waals surface area contributed by atoms with Crippen molar-refractivity contribution in [3.8, 4) is 11.4 Å². The van der Waals surface area contributed by atoms with Crippen molar-refractivity contribution in [3.05, 3.63) is 94.8 Å². The summed E-state index contributed by atoms with van der Waals surface area (Å²) in [5.41, 5.74) is 2.52. The van der Waals surface area contributed by atoms with Crippen molar-refractivity contribution in [1.29, 1.82) is 0 Å². The SMILES string of the molecule is O=C(NS)c1ccc2c(c1)c(=O)n(-c1ccccc1)n2-c1ccccc1. The first-order valence-corrected chi connectivity index (χ1v) is 8.48. The van der Waals surface area contributed by atoms with Gasteiger partial charge >= 0.3 is 0 Å². The van der Waals surface area contributed by atoms with Crippen molar-refractivity contribution in [2.75, 3.05) is 0 Å². The number of nitrogens with zero attached hydrogens (tertiary/aromatic N) is 2. The molecule has 0 aliphatic carbocycles. The summed E-state index contributed by atoms with van der Waals surface area (Å²) in [6.07, 6.45) is 0. The predicted octanol–water partition coefficient (Wildman–Crippen LogP) is 3.36. The number of thiol groups is 1. The first kappa shape index (κ1) is 16.2. The van der Waals surface area contributed by atoms with Crippen LogP contribution in [-0.2, 0) is 0 Å². The number of benzene rings is 3. The van der Waals surface area contributed by atoms with Gasteiger partial charge in [-0.1, -0.05) is 49.2 Å². The average molecular weight is 361 g/mol. The van der Waals surface area contributed by atoms with Gasteiger partial charge in [-0.3, -0.25) is 14.3 Å². The van der Waals surface area contributed by atoms with Crippen LogP contribution in [-0.4, -0.2) is 15.3 Å². The Morgan fingerprint density at radius 2 is 1.38 bits per heavy atom. The molecule has 0 aliphatic rings. The highest BCUT2D eigenvalue weighted by molar-refractivity contribution is 7.78. The molecule has 0 bridgehead atoms. The van der Waals surface area contributed by atoms with E-state index in [1.165, 1.54) is 0 Å². The van der Waals surface area contributed by atoms with E-state index in [9.17, 15) is 9.59 Å². The summed E-state index contributed by atoms with van der Waals surface area (Å²) in [7, 11) is 0. The molecule has 0 saturated heterocycles. The van der Waals surface area contributed by atoms with Gasteiger partial charge in [-0.25, -0.2) is 9.36 Å². The van der Waals surface area contributed by atoms with Crippen LogP contribution in [0.4, 0.5) is 0 Å². The largest absolute Gasteiger partial charge is 0.299 e. The van der Waals surface area contributed by atoms with Crippen molar-refractivity contribution in [2.24, 2.45) is 0 Å². The predicted molar refractivity (Wildman–Crippen MR) is 105 cm³/mol. The topological polar surface area (TPSA) is 56.0 Å². The maximum atomic E-state index is 13.2. The lowest BCUT2D eigenvalue weighted by molar-refractivity contribution is 0.0985. The highest BCUT2D eigenvalue weighted by Crippen LogP contribution is 2.21. The standard InChI is InChI=1S/C20H15N3O2S/c24-19(21-26)14-11-12-18-17(13-14)20(25)23(16-9-5-2-6-10-16)22(18)15-7-3-1-4-8-15/h1-13,26H,(H,21,24). The van der Waals surface area contributed by atoms with E-state index >= 15 is 0 Å². The molecule has 3 aromatic carbocycles. The number of aromatic nitrogens is 2. The molecule has 0 aliphatic heterocycles.